The molecule has 1 amide bonds. The Morgan fingerprint density at radius 1 is 1.17 bits per heavy atom. The van der Waals surface area contributed by atoms with E-state index in [-0.39, 0.29) is 18.2 Å². The summed E-state index contributed by atoms with van der Waals surface area (Å²) in [6.07, 6.45) is 5.54. The Morgan fingerprint density at radius 2 is 2.04 bits per heavy atom. The van der Waals surface area contributed by atoms with Crippen molar-refractivity contribution in [1.82, 2.24) is 15.3 Å². The smallest absolute Gasteiger partial charge is 0.273 e. The number of benzene rings is 1. The number of carbonyl (C=O) groups is 1. The van der Waals surface area contributed by atoms with Crippen molar-refractivity contribution in [3.8, 4) is 5.75 Å². The molecule has 24 heavy (non-hydrogen) atoms. The average Bonchev–Trinajstić information content (AvgIpc) is 3.11. The van der Waals surface area contributed by atoms with Crippen LogP contribution in [0.2, 0.25) is 0 Å². The SMILES string of the molecule is O=C(NCCc1cccnc1)c1coc(COc2ccccc2)n1. The van der Waals surface area contributed by atoms with Gasteiger partial charge in [-0.2, -0.15) is 0 Å². The minimum Gasteiger partial charge on any atom is -0.484 e. The lowest BCUT2D eigenvalue weighted by molar-refractivity contribution is 0.0949. The number of oxazole rings is 1. The standard InChI is InChI=1S/C18H17N3O3/c22-18(20-10-8-14-5-4-9-19-11-14)16-12-24-17(21-16)13-23-15-6-2-1-3-7-15/h1-7,9,11-12H,8,10,13H2,(H,20,22). The molecule has 3 rings (SSSR count). The first kappa shape index (κ1) is 15.7. The number of nitrogens with zero attached hydrogens (tertiary/aromatic N) is 2. The Balaban J connectivity index is 1.46. The van der Waals surface area contributed by atoms with Crippen molar-refractivity contribution >= 4 is 5.91 Å². The predicted molar refractivity (Wildman–Crippen MR) is 87.6 cm³/mol. The number of carbonyl (C=O) groups excluding carboxylic acids is 1. The molecular formula is C18H17N3O3. The molecular weight excluding hydrogens is 306 g/mol. The Bertz CT molecular complexity index is 772. The van der Waals surface area contributed by atoms with Crippen LogP contribution in [0.15, 0.2) is 65.5 Å². The first-order chi connectivity index (χ1) is 11.8. The van der Waals surface area contributed by atoms with E-state index in [1.807, 2.05) is 42.5 Å². The number of ether oxygens (including phenoxy) is 1. The van der Waals surface area contributed by atoms with Crippen LogP contribution >= 0.6 is 0 Å². The molecule has 6 heteroatoms. The third-order valence-electron chi connectivity index (χ3n) is 3.31. The van der Waals surface area contributed by atoms with Crippen LogP contribution in [0.5, 0.6) is 5.75 Å². The summed E-state index contributed by atoms with van der Waals surface area (Å²) in [4.78, 5) is 20.2. The van der Waals surface area contributed by atoms with Gasteiger partial charge in [0.15, 0.2) is 12.3 Å². The highest BCUT2D eigenvalue weighted by Gasteiger charge is 2.12. The summed E-state index contributed by atoms with van der Waals surface area (Å²) in [6, 6.07) is 13.2. The molecule has 122 valence electrons. The predicted octanol–water partition coefficient (Wildman–Crippen LogP) is 2.62. The molecule has 0 fully saturated rings. The highest BCUT2D eigenvalue weighted by Crippen LogP contribution is 2.11. The van der Waals surface area contributed by atoms with Crippen LogP contribution in [-0.4, -0.2) is 22.4 Å². The van der Waals surface area contributed by atoms with Crippen molar-refractivity contribution in [2.24, 2.45) is 0 Å². The molecule has 0 aliphatic heterocycles. The second-order valence-corrected chi connectivity index (χ2v) is 5.10. The van der Waals surface area contributed by atoms with E-state index in [1.54, 1.807) is 12.4 Å². The summed E-state index contributed by atoms with van der Waals surface area (Å²) in [7, 11) is 0. The third kappa shape index (κ3) is 4.42. The van der Waals surface area contributed by atoms with Crippen LogP contribution in [0.3, 0.4) is 0 Å². The molecule has 0 unspecified atom stereocenters. The van der Waals surface area contributed by atoms with Gasteiger partial charge in [0.25, 0.3) is 5.91 Å². The van der Waals surface area contributed by atoms with Crippen LogP contribution in [0.1, 0.15) is 21.9 Å². The average molecular weight is 323 g/mol. The summed E-state index contributed by atoms with van der Waals surface area (Å²) < 4.78 is 10.8. The van der Waals surface area contributed by atoms with Gasteiger partial charge in [0.1, 0.15) is 12.0 Å². The first-order valence-electron chi connectivity index (χ1n) is 7.60. The van der Waals surface area contributed by atoms with Gasteiger partial charge in [-0.1, -0.05) is 24.3 Å². The number of nitrogens with one attached hydrogen (secondary N) is 1. The number of rotatable bonds is 7. The van der Waals surface area contributed by atoms with Crippen molar-refractivity contribution in [3.05, 3.63) is 78.3 Å². The Labute approximate surface area is 139 Å². The van der Waals surface area contributed by atoms with E-state index in [2.05, 4.69) is 15.3 Å². The Hall–Kier alpha value is -3.15. The zero-order valence-corrected chi connectivity index (χ0v) is 13.0. The van der Waals surface area contributed by atoms with Gasteiger partial charge in [-0.05, 0) is 30.2 Å². The summed E-state index contributed by atoms with van der Waals surface area (Å²) in [5.74, 6) is 0.808. The topological polar surface area (TPSA) is 77.2 Å². The highest BCUT2D eigenvalue weighted by molar-refractivity contribution is 5.91. The number of amides is 1. The fraction of sp³-hybridized carbons (Fsp3) is 0.167. The van der Waals surface area contributed by atoms with E-state index in [1.165, 1.54) is 6.26 Å². The van der Waals surface area contributed by atoms with Crippen molar-refractivity contribution in [1.29, 1.82) is 0 Å². The molecule has 0 atom stereocenters. The molecule has 2 aromatic heterocycles. The molecule has 0 bridgehead atoms. The maximum absolute atomic E-state index is 12.0. The molecule has 0 radical (unpaired) electrons. The molecule has 0 saturated heterocycles. The van der Waals surface area contributed by atoms with Gasteiger partial charge in [-0.25, -0.2) is 4.98 Å². The van der Waals surface area contributed by atoms with Gasteiger partial charge in [-0.15, -0.1) is 0 Å². The fourth-order valence-electron chi connectivity index (χ4n) is 2.10. The fourth-order valence-corrected chi connectivity index (χ4v) is 2.10. The van der Waals surface area contributed by atoms with E-state index in [0.29, 0.717) is 18.9 Å². The van der Waals surface area contributed by atoms with E-state index in [4.69, 9.17) is 9.15 Å². The minimum absolute atomic E-state index is 0.174. The van der Waals surface area contributed by atoms with Gasteiger partial charge in [-0.3, -0.25) is 9.78 Å². The molecule has 0 saturated carbocycles. The molecule has 1 aromatic carbocycles. The minimum atomic E-state index is -0.270. The van der Waals surface area contributed by atoms with Crippen molar-refractivity contribution in [2.75, 3.05) is 6.54 Å². The van der Waals surface area contributed by atoms with E-state index in [9.17, 15) is 4.79 Å². The molecule has 0 spiro atoms. The summed E-state index contributed by atoms with van der Waals surface area (Å²) in [5, 5.41) is 2.80. The van der Waals surface area contributed by atoms with E-state index in [0.717, 1.165) is 11.3 Å². The second-order valence-electron chi connectivity index (χ2n) is 5.10. The maximum Gasteiger partial charge on any atom is 0.273 e. The van der Waals surface area contributed by atoms with Gasteiger partial charge in [0.05, 0.1) is 0 Å². The lowest BCUT2D eigenvalue weighted by atomic mass is 10.2. The second kappa shape index (κ2) is 7.92. The largest absolute Gasteiger partial charge is 0.484 e. The maximum atomic E-state index is 12.0. The summed E-state index contributed by atoms with van der Waals surface area (Å²) in [5.41, 5.74) is 1.31. The molecule has 1 N–H and O–H groups in total. The highest BCUT2D eigenvalue weighted by atomic mass is 16.5. The Kier molecular flexibility index (Phi) is 5.19. The van der Waals surface area contributed by atoms with E-state index < -0.39 is 0 Å². The van der Waals surface area contributed by atoms with Crippen LogP contribution < -0.4 is 10.1 Å². The molecule has 6 nitrogen and oxygen atoms in total. The van der Waals surface area contributed by atoms with Crippen molar-refractivity contribution in [3.63, 3.8) is 0 Å². The van der Waals surface area contributed by atoms with Crippen LogP contribution in [-0.2, 0) is 13.0 Å². The lowest BCUT2D eigenvalue weighted by Gasteiger charge is -2.03. The molecule has 3 aromatic rings. The van der Waals surface area contributed by atoms with E-state index >= 15 is 0 Å². The molecule has 0 aliphatic rings. The van der Waals surface area contributed by atoms with Crippen molar-refractivity contribution in [2.45, 2.75) is 13.0 Å². The van der Waals surface area contributed by atoms with Gasteiger partial charge in [0.2, 0.25) is 5.89 Å². The number of hydrogen-bond donors (Lipinski definition) is 1. The molecule has 2 heterocycles. The number of pyridine rings is 1. The van der Waals surface area contributed by atoms with Crippen LogP contribution in [0.4, 0.5) is 0 Å². The summed E-state index contributed by atoms with van der Waals surface area (Å²) >= 11 is 0. The van der Waals surface area contributed by atoms with Gasteiger partial charge < -0.3 is 14.5 Å². The third-order valence-corrected chi connectivity index (χ3v) is 3.31. The molecule has 0 aliphatic carbocycles. The number of hydrogen-bond acceptors (Lipinski definition) is 5. The number of para-hydroxylation sites is 1. The number of aromatic nitrogens is 2. The quantitative estimate of drug-likeness (QED) is 0.723. The van der Waals surface area contributed by atoms with Crippen LogP contribution in [0.25, 0.3) is 0 Å². The Morgan fingerprint density at radius 3 is 2.83 bits per heavy atom. The zero-order chi connectivity index (χ0) is 16.6. The monoisotopic (exact) mass is 323 g/mol. The van der Waals surface area contributed by atoms with Crippen molar-refractivity contribution < 1.29 is 13.9 Å². The first-order valence-corrected chi connectivity index (χ1v) is 7.60. The van der Waals surface area contributed by atoms with Gasteiger partial charge in [0, 0.05) is 18.9 Å². The van der Waals surface area contributed by atoms with Gasteiger partial charge >= 0.3 is 0 Å². The zero-order valence-electron chi connectivity index (χ0n) is 13.0. The normalized spacial score (nSPS) is 10.3. The summed E-state index contributed by atoms with van der Waals surface area (Å²) in [6.45, 7) is 0.681. The lowest BCUT2D eigenvalue weighted by Crippen LogP contribution is -2.26. The van der Waals surface area contributed by atoms with Crippen LogP contribution in [0, 0.1) is 0 Å².